The van der Waals surface area contributed by atoms with Gasteiger partial charge < -0.3 is 19.5 Å². The molecule has 32 heavy (non-hydrogen) atoms. The Labute approximate surface area is 188 Å². The molecule has 4 rings (SSSR count). The fourth-order valence-electron chi connectivity index (χ4n) is 3.99. The minimum absolute atomic E-state index is 0.0170. The third-order valence-corrected chi connectivity index (χ3v) is 7.62. The maximum absolute atomic E-state index is 13.3. The van der Waals surface area contributed by atoms with Crippen molar-refractivity contribution in [3.05, 3.63) is 47.5 Å². The van der Waals surface area contributed by atoms with Crippen molar-refractivity contribution < 1.29 is 27.4 Å². The van der Waals surface area contributed by atoms with Gasteiger partial charge in [-0.05, 0) is 37.1 Å². The average molecular weight is 461 g/mol. The Morgan fingerprint density at radius 2 is 1.81 bits per heavy atom. The predicted octanol–water partition coefficient (Wildman–Crippen LogP) is 2.96. The quantitative estimate of drug-likeness (QED) is 0.712. The molecule has 2 heterocycles. The largest absolute Gasteiger partial charge is 0.495 e. The van der Waals surface area contributed by atoms with Crippen LogP contribution in [-0.4, -0.2) is 52.0 Å². The van der Waals surface area contributed by atoms with Crippen LogP contribution in [0.15, 0.2) is 41.3 Å². The smallest absolute Gasteiger partial charge is 0.251 e. The van der Waals surface area contributed by atoms with Crippen LogP contribution < -0.4 is 19.5 Å². The molecular weight excluding hydrogens is 432 g/mol. The molecular formula is C23H28N2O6S. The molecule has 1 N–H and O–H groups in total. The van der Waals surface area contributed by atoms with Gasteiger partial charge in [0.25, 0.3) is 5.91 Å². The summed E-state index contributed by atoms with van der Waals surface area (Å²) in [4.78, 5) is 12.9. The van der Waals surface area contributed by atoms with Crippen molar-refractivity contribution in [2.24, 2.45) is 0 Å². The van der Waals surface area contributed by atoms with E-state index >= 15 is 0 Å². The third kappa shape index (κ3) is 4.68. The number of nitrogens with one attached hydrogen (secondary N) is 1. The summed E-state index contributed by atoms with van der Waals surface area (Å²) in [7, 11) is -2.34. The molecule has 0 aromatic heterocycles. The summed E-state index contributed by atoms with van der Waals surface area (Å²) in [6.07, 6.45) is 3.69. The highest BCUT2D eigenvalue weighted by Crippen LogP contribution is 2.34. The maximum Gasteiger partial charge on any atom is 0.251 e. The number of benzene rings is 2. The van der Waals surface area contributed by atoms with Gasteiger partial charge in [-0.2, -0.15) is 4.31 Å². The molecule has 0 spiro atoms. The van der Waals surface area contributed by atoms with Crippen LogP contribution in [0.25, 0.3) is 0 Å². The number of methoxy groups -OCH3 is 1. The van der Waals surface area contributed by atoms with Crippen molar-refractivity contribution in [1.82, 2.24) is 9.62 Å². The average Bonchev–Trinajstić information content (AvgIpc) is 3.12. The molecule has 0 radical (unpaired) electrons. The third-order valence-electron chi connectivity index (χ3n) is 5.70. The lowest BCUT2D eigenvalue weighted by atomic mass is 10.1. The summed E-state index contributed by atoms with van der Waals surface area (Å²) in [6, 6.07) is 10.0. The lowest BCUT2D eigenvalue weighted by molar-refractivity contribution is 0.0949. The van der Waals surface area contributed by atoms with E-state index in [0.717, 1.165) is 31.2 Å². The van der Waals surface area contributed by atoms with Crippen molar-refractivity contribution in [2.75, 3.05) is 33.4 Å². The van der Waals surface area contributed by atoms with Gasteiger partial charge in [-0.15, -0.1) is 0 Å². The molecule has 0 atom stereocenters. The minimum atomic E-state index is -3.77. The molecule has 1 saturated heterocycles. The Morgan fingerprint density at radius 1 is 1.06 bits per heavy atom. The Hall–Kier alpha value is -2.78. The zero-order chi connectivity index (χ0) is 22.6. The molecule has 0 aliphatic carbocycles. The van der Waals surface area contributed by atoms with Gasteiger partial charge >= 0.3 is 0 Å². The number of nitrogens with zero attached hydrogens (tertiary/aromatic N) is 1. The molecule has 2 aromatic carbocycles. The molecule has 1 fully saturated rings. The lowest BCUT2D eigenvalue weighted by Gasteiger charge is -2.22. The number of amides is 1. The second-order valence-electron chi connectivity index (χ2n) is 7.81. The van der Waals surface area contributed by atoms with Gasteiger partial charge in [-0.1, -0.05) is 25.0 Å². The molecule has 0 saturated carbocycles. The molecule has 2 aliphatic rings. The van der Waals surface area contributed by atoms with E-state index < -0.39 is 10.0 Å². The van der Waals surface area contributed by atoms with Crippen LogP contribution in [0.3, 0.4) is 0 Å². The summed E-state index contributed by atoms with van der Waals surface area (Å²) < 4.78 is 44.7. The molecule has 1 amide bonds. The number of ether oxygens (including phenoxy) is 3. The fourth-order valence-corrected chi connectivity index (χ4v) is 5.69. The highest BCUT2D eigenvalue weighted by Gasteiger charge is 2.29. The van der Waals surface area contributed by atoms with E-state index in [0.29, 0.717) is 37.8 Å². The number of hydrogen-bond donors (Lipinski definition) is 1. The molecule has 8 nitrogen and oxygen atoms in total. The molecule has 2 aliphatic heterocycles. The van der Waals surface area contributed by atoms with Crippen molar-refractivity contribution in [3.8, 4) is 17.2 Å². The minimum Gasteiger partial charge on any atom is -0.495 e. The van der Waals surface area contributed by atoms with Gasteiger partial charge in [-0.3, -0.25) is 4.79 Å². The fraction of sp³-hybridized carbons (Fsp3) is 0.435. The van der Waals surface area contributed by atoms with Crippen LogP contribution in [0.2, 0.25) is 0 Å². The van der Waals surface area contributed by atoms with Crippen molar-refractivity contribution in [3.63, 3.8) is 0 Å². The molecule has 172 valence electrons. The standard InChI is InChI=1S/C23H28N2O6S/c1-29-19-10-9-17(15-21(19)32(27,28)25-11-4-2-3-5-12-25)23(26)24-16-18-7-6-8-20-22(18)31-14-13-30-20/h6-10,15H,2-5,11-14,16H2,1H3,(H,24,26). The summed E-state index contributed by atoms with van der Waals surface area (Å²) in [5.41, 5.74) is 1.04. The van der Waals surface area contributed by atoms with E-state index in [1.54, 1.807) is 6.07 Å². The van der Waals surface area contributed by atoms with Crippen LogP contribution in [0.1, 0.15) is 41.6 Å². The van der Waals surface area contributed by atoms with Crippen molar-refractivity contribution >= 4 is 15.9 Å². The number of hydrogen-bond acceptors (Lipinski definition) is 6. The number of carbonyl (C=O) groups excluding carboxylic acids is 1. The van der Waals surface area contributed by atoms with E-state index in [9.17, 15) is 13.2 Å². The number of fused-ring (bicyclic) bond motifs is 1. The van der Waals surface area contributed by atoms with Crippen molar-refractivity contribution in [2.45, 2.75) is 37.1 Å². The van der Waals surface area contributed by atoms with Gasteiger partial charge in [-0.25, -0.2) is 8.42 Å². The Morgan fingerprint density at radius 3 is 2.56 bits per heavy atom. The molecule has 0 bridgehead atoms. The monoisotopic (exact) mass is 460 g/mol. The van der Waals surface area contributed by atoms with Crippen LogP contribution in [0.5, 0.6) is 17.2 Å². The number of carbonyl (C=O) groups is 1. The van der Waals surface area contributed by atoms with E-state index in [1.165, 1.54) is 23.5 Å². The Balaban J connectivity index is 1.55. The Bertz CT molecular complexity index is 1080. The topological polar surface area (TPSA) is 94.2 Å². The highest BCUT2D eigenvalue weighted by molar-refractivity contribution is 7.89. The van der Waals surface area contributed by atoms with Gasteiger partial charge in [0.1, 0.15) is 23.9 Å². The first kappa shape index (κ1) is 22.4. The molecule has 2 aromatic rings. The van der Waals surface area contributed by atoms with E-state index in [-0.39, 0.29) is 28.7 Å². The molecule has 9 heteroatoms. The zero-order valence-electron chi connectivity index (χ0n) is 18.1. The van der Waals surface area contributed by atoms with E-state index in [1.807, 2.05) is 18.2 Å². The second kappa shape index (κ2) is 9.79. The van der Waals surface area contributed by atoms with E-state index in [2.05, 4.69) is 5.32 Å². The van der Waals surface area contributed by atoms with Gasteiger partial charge in [0.15, 0.2) is 11.5 Å². The first-order valence-corrected chi connectivity index (χ1v) is 12.3. The zero-order valence-corrected chi connectivity index (χ0v) is 18.9. The SMILES string of the molecule is COc1ccc(C(=O)NCc2cccc3c2OCCO3)cc1S(=O)(=O)N1CCCCCC1. The van der Waals surface area contributed by atoms with Gasteiger partial charge in [0.05, 0.1) is 7.11 Å². The van der Waals surface area contributed by atoms with Gasteiger partial charge in [0.2, 0.25) is 10.0 Å². The summed E-state index contributed by atoms with van der Waals surface area (Å²) in [5.74, 6) is 1.12. The first-order chi connectivity index (χ1) is 15.5. The summed E-state index contributed by atoms with van der Waals surface area (Å²) in [5, 5.41) is 2.85. The first-order valence-electron chi connectivity index (χ1n) is 10.8. The molecule has 0 unspecified atom stereocenters. The number of para-hydroxylation sites is 1. The lowest BCUT2D eigenvalue weighted by Crippen LogP contribution is -2.32. The number of sulfonamides is 1. The number of rotatable bonds is 6. The van der Waals surface area contributed by atoms with Crippen LogP contribution in [-0.2, 0) is 16.6 Å². The van der Waals surface area contributed by atoms with Crippen LogP contribution in [0, 0.1) is 0 Å². The highest BCUT2D eigenvalue weighted by atomic mass is 32.2. The predicted molar refractivity (Wildman–Crippen MR) is 119 cm³/mol. The summed E-state index contributed by atoms with van der Waals surface area (Å²) >= 11 is 0. The van der Waals surface area contributed by atoms with Crippen LogP contribution >= 0.6 is 0 Å². The normalized spacial score (nSPS) is 16.8. The maximum atomic E-state index is 13.3. The van der Waals surface area contributed by atoms with E-state index in [4.69, 9.17) is 14.2 Å². The summed E-state index contributed by atoms with van der Waals surface area (Å²) in [6.45, 7) is 2.12. The van der Waals surface area contributed by atoms with Crippen molar-refractivity contribution in [1.29, 1.82) is 0 Å². The van der Waals surface area contributed by atoms with Gasteiger partial charge in [0, 0.05) is 30.8 Å². The Kier molecular flexibility index (Phi) is 6.86. The van der Waals surface area contributed by atoms with Crippen LogP contribution in [0.4, 0.5) is 0 Å². The second-order valence-corrected chi connectivity index (χ2v) is 9.71.